The summed E-state index contributed by atoms with van der Waals surface area (Å²) in [6.07, 6.45) is 1.76. The van der Waals surface area contributed by atoms with Crippen LogP contribution in [-0.2, 0) is 4.74 Å². The number of nitrogen functional groups attached to an aromatic ring is 1. The van der Waals surface area contributed by atoms with Crippen LogP contribution in [0.15, 0.2) is 12.3 Å². The van der Waals surface area contributed by atoms with Crippen molar-refractivity contribution in [1.82, 2.24) is 4.98 Å². The van der Waals surface area contributed by atoms with Gasteiger partial charge in [-0.25, -0.2) is 4.98 Å². The summed E-state index contributed by atoms with van der Waals surface area (Å²) < 4.78 is 5.36. The van der Waals surface area contributed by atoms with E-state index in [9.17, 15) is 0 Å². The quantitative estimate of drug-likeness (QED) is 0.732. The van der Waals surface area contributed by atoms with Crippen LogP contribution in [0.4, 0.5) is 11.5 Å². The minimum absolute atomic E-state index is 0.206. The van der Waals surface area contributed by atoms with Crippen molar-refractivity contribution in [2.75, 3.05) is 24.2 Å². The highest BCUT2D eigenvalue weighted by Crippen LogP contribution is 2.18. The zero-order chi connectivity index (χ0) is 12.0. The summed E-state index contributed by atoms with van der Waals surface area (Å²) in [4.78, 5) is 4.06. The molecule has 0 aliphatic heterocycles. The molecule has 0 amide bonds. The molecule has 0 unspecified atom stereocenters. The Bertz CT molecular complexity index is 384. The van der Waals surface area contributed by atoms with Gasteiger partial charge in [-0.3, -0.25) is 0 Å². The molecule has 0 saturated heterocycles. The van der Waals surface area contributed by atoms with E-state index >= 15 is 0 Å². The van der Waals surface area contributed by atoms with Crippen molar-refractivity contribution in [2.45, 2.75) is 20.0 Å². The van der Waals surface area contributed by atoms with Gasteiger partial charge in [0.2, 0.25) is 0 Å². The number of ether oxygens (including phenoxy) is 1. The summed E-state index contributed by atoms with van der Waals surface area (Å²) in [7, 11) is 0. The average Bonchev–Trinajstić information content (AvgIpc) is 2.26. The molecule has 1 aromatic heterocycles. The number of nitriles is 1. The second kappa shape index (κ2) is 5.93. The second-order valence-corrected chi connectivity index (χ2v) is 3.58. The highest BCUT2D eigenvalue weighted by molar-refractivity contribution is 5.68. The molecule has 86 valence electrons. The molecule has 3 N–H and O–H groups in total. The molecular formula is C11H16N4O. The first-order valence-corrected chi connectivity index (χ1v) is 5.15. The molecule has 1 rings (SSSR count). The van der Waals surface area contributed by atoms with Gasteiger partial charge in [-0.05, 0) is 19.9 Å². The molecule has 0 atom stereocenters. The number of nitrogens with one attached hydrogen (secondary N) is 1. The number of nitrogens with two attached hydrogens (primary N) is 1. The van der Waals surface area contributed by atoms with Crippen LogP contribution < -0.4 is 11.1 Å². The summed E-state index contributed by atoms with van der Waals surface area (Å²) >= 11 is 0. The molecule has 0 spiro atoms. The molecule has 1 heterocycles. The van der Waals surface area contributed by atoms with Crippen LogP contribution in [0.2, 0.25) is 0 Å². The molecule has 1 aromatic rings. The largest absolute Gasteiger partial charge is 0.395 e. The predicted octanol–water partition coefficient (Wildman–Crippen LogP) is 1.37. The van der Waals surface area contributed by atoms with Crippen LogP contribution in [0.25, 0.3) is 0 Å². The first-order chi connectivity index (χ1) is 7.65. The predicted molar refractivity (Wildman–Crippen MR) is 62.9 cm³/mol. The molecule has 0 fully saturated rings. The minimum Gasteiger partial charge on any atom is -0.395 e. The highest BCUT2D eigenvalue weighted by Gasteiger charge is 2.04. The van der Waals surface area contributed by atoms with Crippen LogP contribution in [0.3, 0.4) is 0 Å². The van der Waals surface area contributed by atoms with Gasteiger partial charge in [0.05, 0.1) is 24.0 Å². The normalized spacial score (nSPS) is 10.1. The Morgan fingerprint density at radius 3 is 3.00 bits per heavy atom. The van der Waals surface area contributed by atoms with Crippen molar-refractivity contribution in [3.05, 3.63) is 17.8 Å². The monoisotopic (exact) mass is 220 g/mol. The summed E-state index contributed by atoms with van der Waals surface area (Å²) in [6, 6.07) is 3.60. The number of pyridine rings is 1. The van der Waals surface area contributed by atoms with E-state index < -0.39 is 0 Å². The van der Waals surface area contributed by atoms with Gasteiger partial charge >= 0.3 is 0 Å². The Hall–Kier alpha value is -1.80. The first-order valence-electron chi connectivity index (χ1n) is 5.15. The van der Waals surface area contributed by atoms with Gasteiger partial charge in [-0.1, -0.05) is 0 Å². The number of hydrogen-bond acceptors (Lipinski definition) is 5. The summed E-state index contributed by atoms with van der Waals surface area (Å²) in [6.45, 7) is 5.14. The second-order valence-electron chi connectivity index (χ2n) is 3.58. The van der Waals surface area contributed by atoms with E-state index in [-0.39, 0.29) is 6.10 Å². The van der Waals surface area contributed by atoms with Crippen molar-refractivity contribution in [1.29, 1.82) is 5.26 Å². The van der Waals surface area contributed by atoms with Gasteiger partial charge in [0, 0.05) is 12.7 Å². The summed E-state index contributed by atoms with van der Waals surface area (Å²) in [5.41, 5.74) is 6.56. The lowest BCUT2D eigenvalue weighted by atomic mass is 10.2. The Morgan fingerprint density at radius 1 is 1.62 bits per heavy atom. The van der Waals surface area contributed by atoms with Gasteiger partial charge in [0.1, 0.15) is 6.07 Å². The van der Waals surface area contributed by atoms with Gasteiger partial charge in [0.15, 0.2) is 5.82 Å². The van der Waals surface area contributed by atoms with E-state index in [2.05, 4.69) is 10.3 Å². The molecule has 0 radical (unpaired) electrons. The Balaban J connectivity index is 2.52. The van der Waals surface area contributed by atoms with Gasteiger partial charge in [-0.15, -0.1) is 0 Å². The number of rotatable bonds is 5. The fourth-order valence-corrected chi connectivity index (χ4v) is 1.18. The van der Waals surface area contributed by atoms with Crippen LogP contribution in [-0.4, -0.2) is 24.2 Å². The highest BCUT2D eigenvalue weighted by atomic mass is 16.5. The standard InChI is InChI=1S/C11H16N4O/c1-8(2)16-6-5-15-11-10(13)9(7-12)3-4-14-11/h3-4,8H,5-6,13H2,1-2H3,(H,14,15). The van der Waals surface area contributed by atoms with Crippen LogP contribution in [0, 0.1) is 11.3 Å². The van der Waals surface area contributed by atoms with Gasteiger partial charge < -0.3 is 15.8 Å². The third-order valence-electron chi connectivity index (χ3n) is 1.96. The zero-order valence-corrected chi connectivity index (χ0v) is 9.53. The van der Waals surface area contributed by atoms with Crippen molar-refractivity contribution in [2.24, 2.45) is 0 Å². The lowest BCUT2D eigenvalue weighted by Gasteiger charge is -2.10. The maximum absolute atomic E-state index is 8.78. The molecular weight excluding hydrogens is 204 g/mol. The average molecular weight is 220 g/mol. The Morgan fingerprint density at radius 2 is 2.38 bits per heavy atom. The van der Waals surface area contributed by atoms with E-state index in [1.807, 2.05) is 19.9 Å². The Labute approximate surface area is 95.2 Å². The molecule has 0 bridgehead atoms. The smallest absolute Gasteiger partial charge is 0.150 e. The van der Waals surface area contributed by atoms with Crippen molar-refractivity contribution in [3.63, 3.8) is 0 Å². The Kier molecular flexibility index (Phi) is 4.55. The molecule has 0 aromatic carbocycles. The fourth-order valence-electron chi connectivity index (χ4n) is 1.18. The third kappa shape index (κ3) is 3.41. The molecule has 16 heavy (non-hydrogen) atoms. The van der Waals surface area contributed by atoms with E-state index in [1.165, 1.54) is 0 Å². The zero-order valence-electron chi connectivity index (χ0n) is 9.53. The third-order valence-corrected chi connectivity index (χ3v) is 1.96. The number of hydrogen-bond donors (Lipinski definition) is 2. The maximum Gasteiger partial charge on any atom is 0.150 e. The number of nitrogens with zero attached hydrogens (tertiary/aromatic N) is 2. The molecule has 0 aliphatic carbocycles. The number of aromatic nitrogens is 1. The molecule has 5 nitrogen and oxygen atoms in total. The topological polar surface area (TPSA) is 84.0 Å². The minimum atomic E-state index is 0.206. The molecule has 0 aliphatic rings. The fraction of sp³-hybridized carbons (Fsp3) is 0.455. The summed E-state index contributed by atoms with van der Waals surface area (Å²) in [5.74, 6) is 0.534. The molecule has 0 saturated carbocycles. The number of anilines is 2. The molecule has 5 heteroatoms. The maximum atomic E-state index is 8.78. The van der Waals surface area contributed by atoms with E-state index in [1.54, 1.807) is 12.3 Å². The van der Waals surface area contributed by atoms with Crippen LogP contribution in [0.1, 0.15) is 19.4 Å². The van der Waals surface area contributed by atoms with E-state index in [0.717, 1.165) is 0 Å². The van der Waals surface area contributed by atoms with E-state index in [4.69, 9.17) is 15.7 Å². The van der Waals surface area contributed by atoms with Crippen molar-refractivity contribution in [3.8, 4) is 6.07 Å². The van der Waals surface area contributed by atoms with Crippen LogP contribution in [0.5, 0.6) is 0 Å². The summed E-state index contributed by atoms with van der Waals surface area (Å²) in [5, 5.41) is 11.8. The SMILES string of the molecule is CC(C)OCCNc1nccc(C#N)c1N. The van der Waals surface area contributed by atoms with Gasteiger partial charge in [0.25, 0.3) is 0 Å². The van der Waals surface area contributed by atoms with Crippen molar-refractivity contribution < 1.29 is 4.74 Å². The lowest BCUT2D eigenvalue weighted by molar-refractivity contribution is 0.0870. The van der Waals surface area contributed by atoms with Gasteiger partial charge in [-0.2, -0.15) is 5.26 Å². The van der Waals surface area contributed by atoms with Crippen LogP contribution >= 0.6 is 0 Å². The van der Waals surface area contributed by atoms with Crippen molar-refractivity contribution >= 4 is 11.5 Å². The van der Waals surface area contributed by atoms with E-state index in [0.29, 0.717) is 30.2 Å². The lowest BCUT2D eigenvalue weighted by Crippen LogP contribution is -2.15. The first kappa shape index (κ1) is 12.3.